The van der Waals surface area contributed by atoms with Gasteiger partial charge in [-0.1, -0.05) is 111 Å². The normalized spacial score (nSPS) is 16.8. The van der Waals surface area contributed by atoms with Crippen molar-refractivity contribution < 1.29 is 21.6 Å². The number of carbonyl (C=O) groups is 1. The zero-order valence-electron chi connectivity index (χ0n) is 26.3. The fourth-order valence-corrected chi connectivity index (χ4v) is 9.23. The molecule has 0 spiro atoms. The lowest BCUT2D eigenvalue weighted by Crippen LogP contribution is -2.60. The van der Waals surface area contributed by atoms with E-state index in [1.54, 1.807) is 35.2 Å². The van der Waals surface area contributed by atoms with Crippen LogP contribution < -0.4 is 4.72 Å². The van der Waals surface area contributed by atoms with Crippen molar-refractivity contribution in [2.75, 3.05) is 19.6 Å². The molecule has 0 saturated carbocycles. The van der Waals surface area contributed by atoms with Gasteiger partial charge in [0.25, 0.3) is 0 Å². The number of unbranched alkanes of at least 4 members (excludes halogenated alkanes) is 1. The number of rotatable bonds is 11. The second-order valence-electron chi connectivity index (χ2n) is 12.1. The zero-order valence-corrected chi connectivity index (χ0v) is 28.0. The van der Waals surface area contributed by atoms with Crippen LogP contribution in [-0.4, -0.2) is 63.7 Å². The molecule has 1 amide bonds. The average Bonchev–Trinajstić information content (AvgIpc) is 3.10. The molecule has 2 atom stereocenters. The number of fused-ring (bicyclic) bond motifs is 2. The summed E-state index contributed by atoms with van der Waals surface area (Å²) in [6.07, 6.45) is 2.39. The van der Waals surface area contributed by atoms with Crippen LogP contribution in [0.4, 0.5) is 0 Å². The Kier molecular flexibility index (Phi) is 9.75. The molecule has 1 aliphatic heterocycles. The number of nitrogens with zero attached hydrogens (tertiary/aromatic N) is 2. The summed E-state index contributed by atoms with van der Waals surface area (Å²) in [4.78, 5) is 16.2. The first-order chi connectivity index (χ1) is 22.7. The molecule has 0 radical (unpaired) electrons. The summed E-state index contributed by atoms with van der Waals surface area (Å²) in [6.45, 7) is 2.48. The van der Waals surface area contributed by atoms with Crippen molar-refractivity contribution in [2.45, 2.75) is 54.5 Å². The molecule has 5 aromatic carbocycles. The Morgan fingerprint density at radius 1 is 0.745 bits per heavy atom. The molecule has 0 aromatic heterocycles. The maximum Gasteiger partial charge on any atom is 0.243 e. The van der Waals surface area contributed by atoms with Crippen LogP contribution in [0.25, 0.3) is 21.5 Å². The summed E-state index contributed by atoms with van der Waals surface area (Å²) in [5, 5.41) is 3.84. The summed E-state index contributed by atoms with van der Waals surface area (Å²) in [5.41, 5.74) is 0.817. The lowest BCUT2D eigenvalue weighted by atomic mass is 10.0. The first-order valence-corrected chi connectivity index (χ1v) is 18.9. The second kappa shape index (κ2) is 13.9. The van der Waals surface area contributed by atoms with Crippen molar-refractivity contribution in [3.8, 4) is 0 Å². The van der Waals surface area contributed by atoms with E-state index in [0.717, 1.165) is 39.9 Å². The summed E-state index contributed by atoms with van der Waals surface area (Å²) < 4.78 is 59.3. The monoisotopic (exact) mass is 669 g/mol. The Balaban J connectivity index is 1.28. The van der Waals surface area contributed by atoms with Crippen LogP contribution in [-0.2, 0) is 31.3 Å². The molecule has 0 bridgehead atoms. The van der Waals surface area contributed by atoms with E-state index in [4.69, 9.17) is 0 Å². The lowest BCUT2D eigenvalue weighted by molar-refractivity contribution is -0.135. The Bertz CT molecular complexity index is 2100. The number of hydrogen-bond donors (Lipinski definition) is 1. The smallest absolute Gasteiger partial charge is 0.243 e. The third kappa shape index (κ3) is 7.26. The SMILES string of the molecule is CCCCC1CN(C(=O)[C@H](Cc2ccc3ccccc3c2)NS(=O)(=O)c2ccccc2)CCN1S(=O)(=O)c1ccc2ccccc2c1. The van der Waals surface area contributed by atoms with Gasteiger partial charge >= 0.3 is 0 Å². The van der Waals surface area contributed by atoms with Crippen molar-refractivity contribution in [1.82, 2.24) is 13.9 Å². The number of sulfonamides is 2. The van der Waals surface area contributed by atoms with E-state index in [1.165, 1.54) is 16.4 Å². The molecule has 0 aliphatic carbocycles. The van der Waals surface area contributed by atoms with Gasteiger partial charge in [-0.2, -0.15) is 9.03 Å². The maximum absolute atomic E-state index is 14.3. The first kappa shape index (κ1) is 32.8. The molecular weight excluding hydrogens is 631 g/mol. The number of nitrogens with one attached hydrogen (secondary N) is 1. The summed E-state index contributed by atoms with van der Waals surface area (Å²) >= 11 is 0. The largest absolute Gasteiger partial charge is 0.338 e. The molecule has 244 valence electrons. The minimum Gasteiger partial charge on any atom is -0.338 e. The molecule has 1 aliphatic rings. The third-order valence-electron chi connectivity index (χ3n) is 8.86. The lowest BCUT2D eigenvalue weighted by Gasteiger charge is -2.41. The highest BCUT2D eigenvalue weighted by molar-refractivity contribution is 7.89. The Labute approximate surface area is 277 Å². The van der Waals surface area contributed by atoms with E-state index in [2.05, 4.69) is 4.72 Å². The van der Waals surface area contributed by atoms with Crippen LogP contribution in [0.1, 0.15) is 31.7 Å². The first-order valence-electron chi connectivity index (χ1n) is 16.0. The van der Waals surface area contributed by atoms with Gasteiger partial charge in [0.05, 0.1) is 9.79 Å². The summed E-state index contributed by atoms with van der Waals surface area (Å²) in [7, 11) is -7.88. The van der Waals surface area contributed by atoms with E-state index in [1.807, 2.05) is 79.7 Å². The number of benzene rings is 5. The van der Waals surface area contributed by atoms with Gasteiger partial charge in [0.1, 0.15) is 6.04 Å². The van der Waals surface area contributed by atoms with Crippen molar-refractivity contribution >= 4 is 47.5 Å². The molecular formula is C37H39N3O5S2. The van der Waals surface area contributed by atoms with Crippen molar-refractivity contribution in [1.29, 1.82) is 0 Å². The van der Waals surface area contributed by atoms with Crippen molar-refractivity contribution in [3.63, 3.8) is 0 Å². The van der Waals surface area contributed by atoms with E-state index in [-0.39, 0.29) is 41.8 Å². The predicted octanol–water partition coefficient (Wildman–Crippen LogP) is 5.97. The molecule has 10 heteroatoms. The average molecular weight is 670 g/mol. The Morgan fingerprint density at radius 2 is 1.36 bits per heavy atom. The van der Waals surface area contributed by atoms with Crippen molar-refractivity contribution in [2.24, 2.45) is 0 Å². The number of carbonyl (C=O) groups excluding carboxylic acids is 1. The van der Waals surface area contributed by atoms with Crippen LogP contribution >= 0.6 is 0 Å². The maximum atomic E-state index is 14.3. The van der Waals surface area contributed by atoms with Crippen LogP contribution in [0.2, 0.25) is 0 Å². The molecule has 1 unspecified atom stereocenters. The van der Waals surface area contributed by atoms with Gasteiger partial charge in [0.2, 0.25) is 26.0 Å². The van der Waals surface area contributed by atoms with Gasteiger partial charge in [-0.3, -0.25) is 4.79 Å². The van der Waals surface area contributed by atoms with E-state index < -0.39 is 32.1 Å². The topological polar surface area (TPSA) is 104 Å². The van der Waals surface area contributed by atoms with E-state index in [9.17, 15) is 21.6 Å². The van der Waals surface area contributed by atoms with E-state index in [0.29, 0.717) is 6.42 Å². The van der Waals surface area contributed by atoms with Gasteiger partial charge in [-0.25, -0.2) is 16.8 Å². The number of piperazine rings is 1. The highest BCUT2D eigenvalue weighted by Crippen LogP contribution is 2.28. The van der Waals surface area contributed by atoms with Gasteiger partial charge < -0.3 is 4.90 Å². The molecule has 1 fully saturated rings. The highest BCUT2D eigenvalue weighted by Gasteiger charge is 2.39. The van der Waals surface area contributed by atoms with Gasteiger partial charge in [0.15, 0.2) is 0 Å². The third-order valence-corrected chi connectivity index (χ3v) is 12.3. The molecule has 1 N–H and O–H groups in total. The minimum absolute atomic E-state index is 0.0726. The highest BCUT2D eigenvalue weighted by atomic mass is 32.2. The zero-order chi connectivity index (χ0) is 33.0. The molecule has 8 nitrogen and oxygen atoms in total. The molecule has 6 rings (SSSR count). The second-order valence-corrected chi connectivity index (χ2v) is 15.7. The van der Waals surface area contributed by atoms with Gasteiger partial charge in [0, 0.05) is 25.7 Å². The molecule has 47 heavy (non-hydrogen) atoms. The predicted molar refractivity (Wildman–Crippen MR) is 186 cm³/mol. The fourth-order valence-electron chi connectivity index (χ4n) is 6.35. The van der Waals surface area contributed by atoms with Crippen molar-refractivity contribution in [3.05, 3.63) is 121 Å². The minimum atomic E-state index is -4.03. The van der Waals surface area contributed by atoms with Crippen LogP contribution in [0.3, 0.4) is 0 Å². The Morgan fingerprint density at radius 3 is 2.04 bits per heavy atom. The molecule has 5 aromatic rings. The number of hydrogen-bond acceptors (Lipinski definition) is 5. The Hall–Kier alpha value is -4.09. The van der Waals surface area contributed by atoms with Crippen LogP contribution in [0, 0.1) is 0 Å². The summed E-state index contributed by atoms with van der Waals surface area (Å²) in [6, 6.07) is 33.0. The number of amides is 1. The van der Waals surface area contributed by atoms with Crippen LogP contribution in [0.5, 0.6) is 0 Å². The fraction of sp³-hybridized carbons (Fsp3) is 0.270. The molecule has 1 heterocycles. The molecule has 1 saturated heterocycles. The van der Waals surface area contributed by atoms with E-state index >= 15 is 0 Å². The van der Waals surface area contributed by atoms with Crippen LogP contribution in [0.15, 0.2) is 125 Å². The quantitative estimate of drug-likeness (QED) is 0.187. The standard InChI is InChI=1S/C37H39N3O5S2/c1-2-3-15-33-27-39(22-23-40(33)47(44,45)35-21-20-30-12-8-10-14-32(30)26-35)37(41)36(38-46(42,43)34-16-5-4-6-17-34)25-28-18-19-29-11-7-9-13-31(29)24-28/h4-14,16-21,24,26,33,36,38H,2-3,15,22-23,25,27H2,1H3/t33?,36-/m0/s1. The van der Waals surface area contributed by atoms with Gasteiger partial charge in [-0.05, 0) is 64.2 Å². The van der Waals surface area contributed by atoms with Gasteiger partial charge in [-0.15, -0.1) is 0 Å². The summed E-state index contributed by atoms with van der Waals surface area (Å²) in [5.74, 6) is -0.373.